The molecule has 0 aliphatic heterocycles. The van der Waals surface area contributed by atoms with E-state index in [0.29, 0.717) is 0 Å². The molecule has 0 bridgehead atoms. The van der Waals surface area contributed by atoms with Crippen LogP contribution in [0.3, 0.4) is 0 Å². The Hall–Kier alpha value is -1.45. The van der Waals surface area contributed by atoms with E-state index < -0.39 is 0 Å². The van der Waals surface area contributed by atoms with Crippen molar-refractivity contribution in [3.63, 3.8) is 0 Å². The minimum absolute atomic E-state index is 1.02. The molecule has 0 heterocycles. The first kappa shape index (κ1) is 19.9. The number of nitrogens with zero attached hydrogens (tertiary/aromatic N) is 1. The molecule has 0 atom stereocenters. The topological polar surface area (TPSA) is 12.4 Å². The predicted octanol–water partition coefficient (Wildman–Crippen LogP) is 7.73. The molecule has 0 amide bonds. The SMILES string of the molecule is CCCCCCSC(=Nc1ccccc1)/C(C)=C/Sc1ccccc1. The van der Waals surface area contributed by atoms with E-state index in [1.54, 1.807) is 11.8 Å². The van der Waals surface area contributed by atoms with E-state index in [1.807, 2.05) is 30.0 Å². The first-order chi connectivity index (χ1) is 12.3. The first-order valence-electron chi connectivity index (χ1n) is 8.95. The van der Waals surface area contributed by atoms with E-state index >= 15 is 0 Å². The maximum Gasteiger partial charge on any atom is 0.100 e. The van der Waals surface area contributed by atoms with E-state index in [1.165, 1.54) is 36.2 Å². The van der Waals surface area contributed by atoms with Gasteiger partial charge in [-0.3, -0.25) is 0 Å². The molecule has 0 N–H and O–H groups in total. The Balaban J connectivity index is 2.05. The number of thioether (sulfide) groups is 2. The van der Waals surface area contributed by atoms with Crippen molar-refractivity contribution in [3.8, 4) is 0 Å². The summed E-state index contributed by atoms with van der Waals surface area (Å²) >= 11 is 3.64. The normalized spacial score (nSPS) is 12.4. The summed E-state index contributed by atoms with van der Waals surface area (Å²) in [4.78, 5) is 6.14. The van der Waals surface area contributed by atoms with Crippen LogP contribution in [0.25, 0.3) is 0 Å². The van der Waals surface area contributed by atoms with Gasteiger partial charge in [-0.15, -0.1) is 11.8 Å². The second-order valence-electron chi connectivity index (χ2n) is 5.89. The Bertz CT molecular complexity index is 663. The molecule has 2 rings (SSSR count). The lowest BCUT2D eigenvalue weighted by molar-refractivity contribution is 0.707. The van der Waals surface area contributed by atoms with Crippen molar-refractivity contribution >= 4 is 34.3 Å². The summed E-state index contributed by atoms with van der Waals surface area (Å²) in [5, 5.41) is 3.35. The Morgan fingerprint density at radius 2 is 1.60 bits per heavy atom. The highest BCUT2D eigenvalue weighted by Crippen LogP contribution is 2.25. The highest BCUT2D eigenvalue weighted by Gasteiger charge is 2.05. The average molecular weight is 370 g/mol. The van der Waals surface area contributed by atoms with Gasteiger partial charge in [0.25, 0.3) is 0 Å². The molecule has 0 saturated carbocycles. The van der Waals surface area contributed by atoms with Gasteiger partial charge < -0.3 is 0 Å². The van der Waals surface area contributed by atoms with Gasteiger partial charge in [0.15, 0.2) is 0 Å². The minimum atomic E-state index is 1.02. The fourth-order valence-electron chi connectivity index (χ4n) is 2.26. The largest absolute Gasteiger partial charge is 0.242 e. The predicted molar refractivity (Wildman–Crippen MR) is 116 cm³/mol. The summed E-state index contributed by atoms with van der Waals surface area (Å²) in [6.45, 7) is 4.42. The number of hydrogen-bond acceptors (Lipinski definition) is 3. The highest BCUT2D eigenvalue weighted by atomic mass is 32.2. The molecule has 2 aromatic rings. The van der Waals surface area contributed by atoms with Crippen molar-refractivity contribution in [1.29, 1.82) is 0 Å². The van der Waals surface area contributed by atoms with Gasteiger partial charge in [0.05, 0.1) is 5.69 Å². The Kier molecular flexibility index (Phi) is 9.53. The van der Waals surface area contributed by atoms with Crippen LogP contribution in [0.5, 0.6) is 0 Å². The molecule has 3 heteroatoms. The molecule has 0 radical (unpaired) electrons. The summed E-state index contributed by atoms with van der Waals surface area (Å²) in [6.07, 6.45) is 5.17. The highest BCUT2D eigenvalue weighted by molar-refractivity contribution is 8.14. The molecular formula is C22H27NS2. The third-order valence-corrected chi connectivity index (χ3v) is 5.87. The fourth-order valence-corrected chi connectivity index (χ4v) is 4.07. The summed E-state index contributed by atoms with van der Waals surface area (Å²) in [5.74, 6) is 1.13. The summed E-state index contributed by atoms with van der Waals surface area (Å²) < 4.78 is 0. The molecule has 0 aromatic heterocycles. The molecule has 0 aliphatic rings. The second kappa shape index (κ2) is 12.0. The third kappa shape index (κ3) is 7.98. The van der Waals surface area contributed by atoms with E-state index in [9.17, 15) is 0 Å². The lowest BCUT2D eigenvalue weighted by atomic mass is 10.2. The van der Waals surface area contributed by atoms with Crippen LogP contribution in [-0.2, 0) is 0 Å². The van der Waals surface area contributed by atoms with Crippen molar-refractivity contribution in [1.82, 2.24) is 0 Å². The number of unbranched alkanes of at least 4 members (excludes halogenated alkanes) is 3. The molecule has 0 spiro atoms. The van der Waals surface area contributed by atoms with Crippen molar-refractivity contribution in [2.45, 2.75) is 44.4 Å². The number of rotatable bonds is 9. The maximum atomic E-state index is 4.89. The van der Waals surface area contributed by atoms with Crippen LogP contribution in [-0.4, -0.2) is 10.8 Å². The van der Waals surface area contributed by atoms with Gasteiger partial charge >= 0.3 is 0 Å². The maximum absolute atomic E-state index is 4.89. The van der Waals surface area contributed by atoms with Crippen LogP contribution in [0, 0.1) is 0 Å². The molecule has 2 aromatic carbocycles. The Morgan fingerprint density at radius 3 is 2.28 bits per heavy atom. The summed E-state index contributed by atoms with van der Waals surface area (Å²) in [7, 11) is 0. The van der Waals surface area contributed by atoms with Gasteiger partial charge in [-0.2, -0.15) is 0 Å². The zero-order chi connectivity index (χ0) is 17.7. The smallest absolute Gasteiger partial charge is 0.100 e. The first-order valence-corrected chi connectivity index (χ1v) is 10.8. The van der Waals surface area contributed by atoms with Crippen molar-refractivity contribution in [2.24, 2.45) is 4.99 Å². The number of hydrogen-bond donors (Lipinski definition) is 0. The Morgan fingerprint density at radius 1 is 0.920 bits per heavy atom. The molecular weight excluding hydrogens is 342 g/mol. The standard InChI is InChI=1S/C22H27NS2/c1-3-4-5-12-17-24-22(23-20-13-8-6-9-14-20)19(2)18-25-21-15-10-7-11-16-21/h6-11,13-16,18H,3-5,12,17H2,1-2H3/b19-18+,23-22?. The zero-order valence-electron chi connectivity index (χ0n) is 15.2. The van der Waals surface area contributed by atoms with Crippen LogP contribution in [0.1, 0.15) is 39.5 Å². The van der Waals surface area contributed by atoms with Crippen LogP contribution in [0.2, 0.25) is 0 Å². The molecule has 0 fully saturated rings. The van der Waals surface area contributed by atoms with Gasteiger partial charge in [-0.25, -0.2) is 4.99 Å². The average Bonchev–Trinajstić information content (AvgIpc) is 2.66. The molecule has 1 nitrogen and oxygen atoms in total. The van der Waals surface area contributed by atoms with E-state index in [4.69, 9.17) is 4.99 Å². The van der Waals surface area contributed by atoms with Crippen molar-refractivity contribution in [3.05, 3.63) is 71.6 Å². The number of benzene rings is 2. The van der Waals surface area contributed by atoms with E-state index in [0.717, 1.165) is 16.5 Å². The van der Waals surface area contributed by atoms with Crippen molar-refractivity contribution in [2.75, 3.05) is 5.75 Å². The van der Waals surface area contributed by atoms with Crippen LogP contribution in [0.15, 0.2) is 81.5 Å². The van der Waals surface area contributed by atoms with Crippen LogP contribution >= 0.6 is 23.5 Å². The molecule has 25 heavy (non-hydrogen) atoms. The lowest BCUT2D eigenvalue weighted by Crippen LogP contribution is -1.96. The minimum Gasteiger partial charge on any atom is -0.242 e. The molecule has 0 saturated heterocycles. The lowest BCUT2D eigenvalue weighted by Gasteiger charge is -2.08. The van der Waals surface area contributed by atoms with E-state index in [-0.39, 0.29) is 0 Å². The second-order valence-corrected chi connectivity index (χ2v) is 7.92. The van der Waals surface area contributed by atoms with Crippen LogP contribution < -0.4 is 0 Å². The number of para-hydroxylation sites is 1. The quantitative estimate of drug-likeness (QED) is 0.194. The van der Waals surface area contributed by atoms with Gasteiger partial charge in [-0.1, -0.05) is 74.3 Å². The van der Waals surface area contributed by atoms with Gasteiger partial charge in [0.1, 0.15) is 5.04 Å². The molecule has 0 unspecified atom stereocenters. The molecule has 132 valence electrons. The number of aliphatic imine (C=N–C) groups is 1. The van der Waals surface area contributed by atoms with Gasteiger partial charge in [-0.05, 0) is 54.3 Å². The Labute approximate surface area is 161 Å². The van der Waals surface area contributed by atoms with Crippen molar-refractivity contribution < 1.29 is 0 Å². The summed E-state index contributed by atoms with van der Waals surface area (Å²) in [5.41, 5.74) is 2.26. The third-order valence-electron chi connectivity index (χ3n) is 3.68. The summed E-state index contributed by atoms with van der Waals surface area (Å²) in [6, 6.07) is 20.7. The zero-order valence-corrected chi connectivity index (χ0v) is 16.8. The fraction of sp³-hybridized carbons (Fsp3) is 0.318. The monoisotopic (exact) mass is 369 g/mol. The van der Waals surface area contributed by atoms with Crippen LogP contribution in [0.4, 0.5) is 5.69 Å². The molecule has 0 aliphatic carbocycles. The van der Waals surface area contributed by atoms with E-state index in [2.05, 4.69) is 61.7 Å². The van der Waals surface area contributed by atoms with Gasteiger partial charge in [0.2, 0.25) is 0 Å². The van der Waals surface area contributed by atoms with Gasteiger partial charge in [0, 0.05) is 4.90 Å².